The van der Waals surface area contributed by atoms with Gasteiger partial charge in [0.1, 0.15) is 34.2 Å². The summed E-state index contributed by atoms with van der Waals surface area (Å²) in [7, 11) is 0. The average molecular weight is 1700 g/mol. The zero-order valence-corrected chi connectivity index (χ0v) is 74.0. The van der Waals surface area contributed by atoms with E-state index in [4.69, 9.17) is 18.3 Å². The number of fused-ring (bicyclic) bond motifs is 21. The minimum Gasteiger partial charge on any atom is -0.456 e. The van der Waals surface area contributed by atoms with Crippen LogP contribution in [-0.4, -0.2) is 13.4 Å². The first-order valence-corrected chi connectivity index (χ1v) is 46.0. The van der Waals surface area contributed by atoms with Gasteiger partial charge in [0.25, 0.3) is 0 Å². The molecule has 0 amide bonds. The molecule has 0 N–H and O–H groups in total. The Morgan fingerprint density at radius 2 is 0.571 bits per heavy atom. The number of anilines is 6. The number of hydrogen-bond donors (Lipinski definition) is 0. The first kappa shape index (κ1) is 77.5. The van der Waals surface area contributed by atoms with Crippen LogP contribution >= 0.6 is 0 Å². The molecular formula is C125H84B2N2O4. The van der Waals surface area contributed by atoms with Crippen molar-refractivity contribution in [3.05, 3.63) is 446 Å². The molecule has 8 heteroatoms. The Morgan fingerprint density at radius 3 is 1.08 bits per heavy atom. The molecule has 0 fully saturated rings. The number of rotatable bonds is 12. The summed E-state index contributed by atoms with van der Waals surface area (Å²) in [5.74, 6) is 3.36. The summed E-state index contributed by atoms with van der Waals surface area (Å²) in [6, 6.07) is 152. The molecule has 0 atom stereocenters. The van der Waals surface area contributed by atoms with Gasteiger partial charge in [0.05, 0.1) is 22.7 Å². The summed E-state index contributed by atoms with van der Waals surface area (Å²) in [4.78, 5) is 4.60. The molecule has 25 aromatic rings. The molecular weight excluding hydrogens is 1620 g/mol. The Balaban J connectivity index is 0.000000139. The van der Waals surface area contributed by atoms with Crippen LogP contribution < -0.4 is 52.1 Å². The lowest BCUT2D eigenvalue weighted by Crippen LogP contribution is -2.54. The van der Waals surface area contributed by atoms with Gasteiger partial charge < -0.3 is 28.1 Å². The summed E-state index contributed by atoms with van der Waals surface area (Å²) < 4.78 is 27.5. The lowest BCUT2D eigenvalue weighted by Gasteiger charge is -2.29. The second-order valence-electron chi connectivity index (χ2n) is 36.1. The van der Waals surface area contributed by atoms with E-state index in [2.05, 4.69) is 439 Å². The molecule has 0 aliphatic carbocycles. The zero-order chi connectivity index (χ0) is 88.4. The van der Waals surface area contributed by atoms with Gasteiger partial charge in [0.2, 0.25) is 13.4 Å². The second-order valence-corrected chi connectivity index (χ2v) is 36.1. The van der Waals surface area contributed by atoms with Crippen LogP contribution in [0, 0.1) is 34.6 Å². The second kappa shape index (κ2) is 30.8. The normalized spacial score (nSPS) is 12.1. The van der Waals surface area contributed by atoms with Crippen molar-refractivity contribution in [2.45, 2.75) is 34.6 Å². The van der Waals surface area contributed by atoms with Gasteiger partial charge in [-0.05, 0) is 229 Å². The Kier molecular flexibility index (Phi) is 17.9. The molecule has 4 heterocycles. The van der Waals surface area contributed by atoms with Crippen LogP contribution in [0.1, 0.15) is 27.8 Å². The summed E-state index contributed by atoms with van der Waals surface area (Å²) in [6.45, 7) is 11.3. The maximum absolute atomic E-state index is 7.11. The van der Waals surface area contributed by atoms with E-state index in [0.29, 0.717) is 0 Å². The van der Waals surface area contributed by atoms with Crippen molar-refractivity contribution in [3.63, 3.8) is 0 Å². The predicted octanol–water partition coefficient (Wildman–Crippen LogP) is 30.6. The zero-order valence-electron chi connectivity index (χ0n) is 74.0. The van der Waals surface area contributed by atoms with Crippen LogP contribution in [-0.2, 0) is 0 Å². The highest BCUT2D eigenvalue weighted by Gasteiger charge is 2.35. The molecule has 624 valence electrons. The predicted molar refractivity (Wildman–Crippen MR) is 564 cm³/mol. The topological polar surface area (TPSA) is 51.2 Å². The monoisotopic (exact) mass is 1700 g/mol. The summed E-state index contributed by atoms with van der Waals surface area (Å²) in [6.07, 6.45) is 0. The van der Waals surface area contributed by atoms with E-state index in [1.165, 1.54) is 158 Å². The van der Waals surface area contributed by atoms with Gasteiger partial charge in [-0.25, -0.2) is 0 Å². The van der Waals surface area contributed by atoms with Crippen LogP contribution in [0.5, 0.6) is 23.0 Å². The van der Waals surface area contributed by atoms with E-state index in [1.807, 2.05) is 24.3 Å². The summed E-state index contributed by atoms with van der Waals surface area (Å²) in [5, 5.41) is 26.4. The van der Waals surface area contributed by atoms with Crippen LogP contribution in [0.15, 0.2) is 427 Å². The molecule has 0 radical (unpaired) electrons. The molecule has 0 saturated carbocycles. The van der Waals surface area contributed by atoms with Crippen molar-refractivity contribution in [2.75, 3.05) is 9.80 Å². The number of ether oxygens (including phenoxy) is 2. The molecule has 2 aromatic heterocycles. The average Bonchev–Trinajstić information content (AvgIpc) is 0.862. The maximum atomic E-state index is 7.11. The van der Waals surface area contributed by atoms with Crippen molar-refractivity contribution >= 4 is 221 Å². The third-order valence-corrected chi connectivity index (χ3v) is 28.5. The molecule has 2 aliphatic rings. The molecule has 133 heavy (non-hydrogen) atoms. The smallest absolute Gasteiger partial charge is 0.243 e. The first-order chi connectivity index (χ1) is 65.5. The van der Waals surface area contributed by atoms with Crippen molar-refractivity contribution in [1.82, 2.24) is 0 Å². The van der Waals surface area contributed by atoms with Gasteiger partial charge in [-0.1, -0.05) is 370 Å². The van der Waals surface area contributed by atoms with Crippen molar-refractivity contribution in [1.29, 1.82) is 0 Å². The standard InChI is InChI=1S/C65H44BNO2.C60H40BNO2/c1-39-33-40(2)64(41(3)34-39)66(57-25-12-18-43-16-6-7-19-47(43)57)58-38-55-52-23-14-28-61-63(52)56(37-54(55)48-20-8-9-21-49(48)58)51-32-31-46(36-62(51)68-61)67(45-30-29-42-15-4-5-17-44(42)35-45)59-26-13-24-53-50-22-10-11-27-60(50)69-65(53)59;1-37-16-12-17-38(2)59(37)61(52-28-13-19-39-18-6-7-22-42(39)52)53-36-50-47-26-15-31-56-58(47)51(35-49(50)43-23-8-9-24-44(43)53)46-33-32-41(34-57(46)63-56)62(40-20-4-3-5-21-40)54-29-14-27-48-45-25-10-11-30-55(45)64-60(48)54/h4-38H,1-3H3;3-36H,1-2H3. The minimum atomic E-state index is -0.0110. The van der Waals surface area contributed by atoms with Gasteiger partial charge in [-0.15, -0.1) is 0 Å². The molecule has 0 unspecified atom stereocenters. The molecule has 0 bridgehead atoms. The van der Waals surface area contributed by atoms with Crippen molar-refractivity contribution < 1.29 is 18.3 Å². The van der Waals surface area contributed by atoms with Gasteiger partial charge in [-0.2, -0.15) is 0 Å². The van der Waals surface area contributed by atoms with Gasteiger partial charge in [-0.3, -0.25) is 0 Å². The molecule has 0 spiro atoms. The minimum absolute atomic E-state index is 0.000726. The summed E-state index contributed by atoms with van der Waals surface area (Å²) in [5.41, 5.74) is 28.3. The molecule has 27 rings (SSSR count). The number of para-hydroxylation sites is 5. The molecule has 0 saturated heterocycles. The Hall–Kier alpha value is -16.7. The van der Waals surface area contributed by atoms with E-state index < -0.39 is 0 Å². The fourth-order valence-corrected chi connectivity index (χ4v) is 22.8. The largest absolute Gasteiger partial charge is 0.456 e. The van der Waals surface area contributed by atoms with Gasteiger partial charge in [0.15, 0.2) is 11.2 Å². The van der Waals surface area contributed by atoms with Crippen LogP contribution in [0.2, 0.25) is 0 Å². The number of aryl methyl sites for hydroxylation is 5. The number of furan rings is 2. The van der Waals surface area contributed by atoms with Crippen molar-refractivity contribution in [3.8, 4) is 45.3 Å². The van der Waals surface area contributed by atoms with Gasteiger partial charge in [0, 0.05) is 67.0 Å². The quantitative estimate of drug-likeness (QED) is 0.0897. The lowest BCUT2D eigenvalue weighted by atomic mass is 9.34. The van der Waals surface area contributed by atoms with Crippen LogP contribution in [0.25, 0.3) is 163 Å². The van der Waals surface area contributed by atoms with E-state index in [0.717, 1.165) is 123 Å². The van der Waals surface area contributed by atoms with Crippen LogP contribution in [0.4, 0.5) is 34.1 Å². The molecule has 2 aliphatic heterocycles. The van der Waals surface area contributed by atoms with E-state index in [1.54, 1.807) is 0 Å². The van der Waals surface area contributed by atoms with Gasteiger partial charge >= 0.3 is 0 Å². The number of hydrogen-bond acceptors (Lipinski definition) is 6. The van der Waals surface area contributed by atoms with E-state index >= 15 is 0 Å². The third-order valence-electron chi connectivity index (χ3n) is 28.5. The Labute approximate surface area is 770 Å². The number of benzene rings is 23. The third kappa shape index (κ3) is 12.4. The lowest BCUT2D eigenvalue weighted by molar-refractivity contribution is 0.487. The highest BCUT2D eigenvalue weighted by atomic mass is 16.5. The SMILES string of the molecule is Cc1cc(C)c(B(c2cccc3ccccc23)c2cc3c4cccc5c4c(cc3c3ccccc23)-c2ccc(N(c3ccc4ccccc4c3)c3cccc4c3oc3ccccc34)cc2O5)c(C)c1.Cc1cccc(C)c1B(c1cccc2ccccc12)c1cc2c3cccc4c3c(cc2c2ccccc12)-c1ccc(N(c2ccccc2)c2cccc3c2oc2ccccc23)cc1O4. The van der Waals surface area contributed by atoms with Crippen LogP contribution in [0.3, 0.4) is 0 Å². The highest BCUT2D eigenvalue weighted by molar-refractivity contribution is 6.99. The fraction of sp³-hybridized carbons (Fsp3) is 0.0400. The Bertz CT molecular complexity index is 9170. The van der Waals surface area contributed by atoms with Crippen molar-refractivity contribution in [2.24, 2.45) is 0 Å². The Morgan fingerprint density at radius 1 is 0.203 bits per heavy atom. The molecule has 23 aromatic carbocycles. The fourth-order valence-electron chi connectivity index (χ4n) is 22.8. The number of nitrogens with zero attached hydrogens (tertiary/aromatic N) is 2. The molecule has 6 nitrogen and oxygen atoms in total. The maximum Gasteiger partial charge on any atom is 0.243 e. The van der Waals surface area contributed by atoms with E-state index in [-0.39, 0.29) is 13.4 Å². The first-order valence-electron chi connectivity index (χ1n) is 46.0. The highest BCUT2D eigenvalue weighted by Crippen LogP contribution is 2.55. The summed E-state index contributed by atoms with van der Waals surface area (Å²) >= 11 is 0. The van der Waals surface area contributed by atoms with E-state index in [9.17, 15) is 0 Å².